The minimum Gasteiger partial charge on any atom is -0.456 e. The van der Waals surface area contributed by atoms with E-state index in [1.54, 1.807) is 0 Å². The molecular weight excluding hydrogens is 572 g/mol. The summed E-state index contributed by atoms with van der Waals surface area (Å²) in [7, 11) is 0. The first kappa shape index (κ1) is 10.9. The van der Waals surface area contributed by atoms with Crippen molar-refractivity contribution in [3.8, 4) is 5.69 Å². The molecule has 0 atom stereocenters. The monoisotopic (exact) mass is 627 g/mol. The van der Waals surface area contributed by atoms with Crippen LogP contribution in [0.3, 0.4) is 0 Å². The summed E-state index contributed by atoms with van der Waals surface area (Å²) >= 11 is 0. The maximum absolute atomic E-state index is 10.1. The first-order valence-corrected chi connectivity index (χ1v) is 13.8. The van der Waals surface area contributed by atoms with Gasteiger partial charge in [0.2, 0.25) is 0 Å². The van der Waals surface area contributed by atoms with Crippen molar-refractivity contribution in [3.05, 3.63) is 169 Å². The topological polar surface area (TPSA) is 21.3 Å². The molecule has 0 saturated heterocycles. The molecule has 0 aliphatic rings. The Labute approximate surface area is 309 Å². The number of rotatable bonds is 4. The lowest BCUT2D eigenvalue weighted by atomic mass is 9.99. The van der Waals surface area contributed by atoms with Crippen LogP contribution in [0.25, 0.3) is 71.0 Å². The fourth-order valence-corrected chi connectivity index (χ4v) is 5.68. The highest BCUT2D eigenvalue weighted by atomic mass is 16.3. The molecule has 0 spiro atoms. The van der Waals surface area contributed by atoms with Gasteiger partial charge in [-0.25, -0.2) is 0 Å². The Morgan fingerprint density at radius 2 is 1.17 bits per heavy atom. The minimum absolute atomic E-state index is 0.170. The number of para-hydroxylation sites is 5. The molecule has 2 aromatic heterocycles. The summed E-state index contributed by atoms with van der Waals surface area (Å²) in [6.07, 6.45) is 0. The normalized spacial score (nSPS) is 19.9. The predicted molar refractivity (Wildman–Crippen MR) is 198 cm³/mol. The molecule has 3 nitrogen and oxygen atoms in total. The lowest BCUT2D eigenvalue weighted by molar-refractivity contribution is 0.669. The molecule has 0 unspecified atom stereocenters. The number of nitrogens with zero attached hydrogens (tertiary/aromatic N) is 2. The van der Waals surface area contributed by atoms with E-state index in [2.05, 4.69) is 0 Å². The van der Waals surface area contributed by atoms with Crippen LogP contribution in [0, 0.1) is 0 Å². The molecule has 220 valence electrons. The van der Waals surface area contributed by atoms with Crippen molar-refractivity contribution in [1.29, 1.82) is 0 Å². The van der Waals surface area contributed by atoms with Crippen LogP contribution in [0.15, 0.2) is 174 Å². The van der Waals surface area contributed by atoms with Crippen molar-refractivity contribution in [2.45, 2.75) is 0 Å². The van der Waals surface area contributed by atoms with E-state index < -0.39 is 229 Å². The summed E-state index contributed by atoms with van der Waals surface area (Å²) < 4.78 is 250. The highest BCUT2D eigenvalue weighted by Gasteiger charge is 2.21. The maximum Gasteiger partial charge on any atom is 0.136 e. The van der Waals surface area contributed by atoms with Gasteiger partial charge in [-0.15, -0.1) is 0 Å². The van der Waals surface area contributed by atoms with Crippen molar-refractivity contribution in [2.24, 2.45) is 0 Å². The Kier molecular flexibility index (Phi) is 2.34. The summed E-state index contributed by atoms with van der Waals surface area (Å²) in [6.45, 7) is 0. The average Bonchev–Trinajstić information content (AvgIpc) is 3.93. The molecule has 0 aliphatic heterocycles. The number of hydrogen-bond donors (Lipinski definition) is 0. The third-order valence-electron chi connectivity index (χ3n) is 7.61. The van der Waals surface area contributed by atoms with E-state index in [0.717, 1.165) is 6.07 Å². The predicted octanol–water partition coefficient (Wildman–Crippen LogP) is 12.5. The van der Waals surface area contributed by atoms with Crippen LogP contribution in [0.2, 0.25) is 0 Å². The van der Waals surface area contributed by atoms with Gasteiger partial charge >= 0.3 is 0 Å². The maximum atomic E-state index is 10.1. The first-order valence-electron chi connectivity index (χ1n) is 27.3. The van der Waals surface area contributed by atoms with Crippen molar-refractivity contribution in [1.82, 2.24) is 4.57 Å². The van der Waals surface area contributed by atoms with Crippen molar-refractivity contribution < 1.29 is 41.4 Å². The molecule has 0 bridgehead atoms. The second-order valence-electron chi connectivity index (χ2n) is 10.1. The Morgan fingerprint density at radius 1 is 0.468 bits per heavy atom. The van der Waals surface area contributed by atoms with Gasteiger partial charge in [0.05, 0.1) is 53.7 Å². The Hall–Kier alpha value is -6.32. The molecule has 0 aliphatic carbocycles. The molecule has 10 aromatic rings. The van der Waals surface area contributed by atoms with E-state index in [4.69, 9.17) is 26.3 Å². The first-order chi connectivity index (χ1) is 34.6. The number of aromatic nitrogens is 1. The summed E-state index contributed by atoms with van der Waals surface area (Å²) in [5.74, 6) is 0. The van der Waals surface area contributed by atoms with E-state index in [-0.39, 0.29) is 21.7 Å². The Balaban J connectivity index is 1.54. The molecule has 10 rings (SSSR count). The lowest BCUT2D eigenvalue weighted by Crippen LogP contribution is -2.11. The smallest absolute Gasteiger partial charge is 0.136 e. The van der Waals surface area contributed by atoms with Crippen molar-refractivity contribution in [2.75, 3.05) is 4.90 Å². The highest BCUT2D eigenvalue weighted by Crippen LogP contribution is 2.44. The number of furan rings is 1. The van der Waals surface area contributed by atoms with Gasteiger partial charge in [-0.3, -0.25) is 0 Å². The van der Waals surface area contributed by atoms with Crippen LogP contribution in [0.5, 0.6) is 0 Å². The number of benzene rings is 8. The summed E-state index contributed by atoms with van der Waals surface area (Å²) in [4.78, 5) is 0.499. The van der Waals surface area contributed by atoms with Gasteiger partial charge in [0, 0.05) is 38.6 Å². The summed E-state index contributed by atoms with van der Waals surface area (Å²) in [6, 6.07) is -24.1. The minimum atomic E-state index is -1.16. The molecular formula is C44H28N2O. The van der Waals surface area contributed by atoms with E-state index in [1.807, 2.05) is 0 Å². The van der Waals surface area contributed by atoms with Crippen LogP contribution in [-0.4, -0.2) is 4.57 Å². The van der Waals surface area contributed by atoms with Gasteiger partial charge in [-0.2, -0.15) is 0 Å². The number of anilines is 3. The zero-order valence-electron chi connectivity index (χ0n) is 50.4. The van der Waals surface area contributed by atoms with Crippen LogP contribution in [0.4, 0.5) is 17.1 Å². The van der Waals surface area contributed by atoms with Crippen molar-refractivity contribution >= 4 is 82.4 Å². The lowest BCUT2D eigenvalue weighted by Gasteiger charge is -2.27. The fraction of sp³-hybridized carbons (Fsp3) is 0. The van der Waals surface area contributed by atoms with E-state index in [1.165, 1.54) is 0 Å². The third-order valence-corrected chi connectivity index (χ3v) is 7.61. The standard InChI is InChI=1S/C44H28N2O/c1-3-12-31(13-4-1)45(41-20-11-18-36-34-16-7-9-19-40(34)46(44(36)41)32-14-5-2-6-15-32)33-25-24-29-22-23-30-26-43-39(28-38(30)37(29)27-33)35-17-8-10-21-42(35)47-43/h1-28H/i1D,2D,3D,4D,5D,6D,7D,8D,9D,10D,11D,12D,13D,14D,15D,16D,17D,18D,19D,20D,21D,22D,23D,24D,25D,26D,27D. The summed E-state index contributed by atoms with van der Waals surface area (Å²) in [5.41, 5.74) is -6.20. The molecule has 2 heterocycles. The van der Waals surface area contributed by atoms with Gasteiger partial charge in [-0.1, -0.05) is 103 Å². The number of fused-ring (bicyclic) bond motifs is 9. The van der Waals surface area contributed by atoms with Crippen LogP contribution in [-0.2, 0) is 0 Å². The van der Waals surface area contributed by atoms with Gasteiger partial charge in [0.25, 0.3) is 0 Å². The Morgan fingerprint density at radius 3 is 2.04 bits per heavy atom. The zero-order valence-corrected chi connectivity index (χ0v) is 23.4. The van der Waals surface area contributed by atoms with Crippen LogP contribution in [0.1, 0.15) is 37.0 Å². The number of hydrogen-bond acceptors (Lipinski definition) is 2. The second-order valence-corrected chi connectivity index (χ2v) is 10.1. The zero-order chi connectivity index (χ0) is 54.4. The summed E-state index contributed by atoms with van der Waals surface area (Å²) in [5, 5.41) is -3.69. The second kappa shape index (κ2) is 10.1. The van der Waals surface area contributed by atoms with E-state index in [9.17, 15) is 15.1 Å². The van der Waals surface area contributed by atoms with Crippen LogP contribution < -0.4 is 4.90 Å². The largest absolute Gasteiger partial charge is 0.456 e. The SMILES string of the molecule is [2H]c1c([2H])c([2H])c(N(c2c([2H])c([2H])c3c([2H])c([2H])c4c([2H])c5oc6c([2H])c([2H])c([2H])c([2H])c6c5cc4c3c2[2H])c2c([2H])c([2H])c([2H])c3c4c([2H])c([2H])c([2H])c([2H])c4n(-c4c([2H])c([2H])c([2H])c([2H])c4[2H])c23)c([2H])c1[2H]. The van der Waals surface area contributed by atoms with E-state index in [0.29, 0.717) is 9.47 Å². The quantitative estimate of drug-likeness (QED) is 0.181. The van der Waals surface area contributed by atoms with E-state index >= 15 is 0 Å². The molecule has 0 radical (unpaired) electrons. The molecule has 0 saturated carbocycles. The van der Waals surface area contributed by atoms with Gasteiger partial charge in [-0.05, 0) is 88.0 Å². The average molecular weight is 628 g/mol. The highest BCUT2D eigenvalue weighted by molar-refractivity contribution is 6.18. The van der Waals surface area contributed by atoms with Gasteiger partial charge in [0.15, 0.2) is 0 Å². The molecule has 0 fully saturated rings. The molecule has 47 heavy (non-hydrogen) atoms. The van der Waals surface area contributed by atoms with Crippen LogP contribution >= 0.6 is 0 Å². The third kappa shape index (κ3) is 3.93. The Bertz CT molecular complexity index is 4290. The fourth-order valence-electron chi connectivity index (χ4n) is 5.68. The van der Waals surface area contributed by atoms with Crippen molar-refractivity contribution in [3.63, 3.8) is 0 Å². The molecule has 0 amide bonds. The molecule has 8 aromatic carbocycles. The van der Waals surface area contributed by atoms with Gasteiger partial charge in [0.1, 0.15) is 11.2 Å². The van der Waals surface area contributed by atoms with Gasteiger partial charge < -0.3 is 13.9 Å². The molecule has 0 N–H and O–H groups in total. The molecule has 3 heteroatoms.